The molecule has 38 heavy (non-hydrogen) atoms. The molecule has 6 heteroatoms. The summed E-state index contributed by atoms with van der Waals surface area (Å²) in [6, 6.07) is 15.9. The minimum atomic E-state index is -0.0208. The number of thiazole rings is 1. The number of unbranched alkanes of at least 4 members (excludes halogenated alkanes) is 11. The van der Waals surface area contributed by atoms with Crippen LogP contribution in [0.15, 0.2) is 60.1 Å². The van der Waals surface area contributed by atoms with Gasteiger partial charge in [-0.15, -0.1) is 0 Å². The number of benzene rings is 2. The van der Waals surface area contributed by atoms with Gasteiger partial charge in [0.05, 0.1) is 24.0 Å². The van der Waals surface area contributed by atoms with Crippen molar-refractivity contribution in [2.45, 2.75) is 90.4 Å². The van der Waals surface area contributed by atoms with E-state index in [4.69, 9.17) is 4.74 Å². The van der Waals surface area contributed by atoms with Crippen molar-refractivity contribution in [2.24, 2.45) is 7.05 Å². The molecule has 4 nitrogen and oxygen atoms in total. The highest BCUT2D eigenvalue weighted by atomic mass is 35.5. The lowest BCUT2D eigenvalue weighted by molar-refractivity contribution is -0.655. The van der Waals surface area contributed by atoms with E-state index in [0.29, 0.717) is 6.42 Å². The molecule has 0 bridgehead atoms. The minimum absolute atomic E-state index is 0. The molecule has 208 valence electrons. The number of carbonyl (C=O) groups excluding carboxylic acids is 1. The van der Waals surface area contributed by atoms with Gasteiger partial charge in [0.2, 0.25) is 5.91 Å². The quantitative estimate of drug-likeness (QED) is 0.166. The second-order valence-electron chi connectivity index (χ2n) is 10.0. The zero-order valence-corrected chi connectivity index (χ0v) is 24.8. The molecular formula is C32H45ClN2O2S. The van der Waals surface area contributed by atoms with Crippen LogP contribution >= 0.6 is 11.3 Å². The van der Waals surface area contributed by atoms with Crippen LogP contribution in [0.4, 0.5) is 5.69 Å². The minimum Gasteiger partial charge on any atom is -1.00 e. The Bertz CT molecular complexity index is 1050. The Kier molecular flexibility index (Phi) is 15.8. The summed E-state index contributed by atoms with van der Waals surface area (Å²) in [7, 11) is 2.04. The van der Waals surface area contributed by atoms with Gasteiger partial charge >= 0.3 is 0 Å². The summed E-state index contributed by atoms with van der Waals surface area (Å²) < 4.78 is 8.07. The summed E-state index contributed by atoms with van der Waals surface area (Å²) in [6.45, 7) is 3.01. The maximum absolute atomic E-state index is 12.6. The second-order valence-corrected chi connectivity index (χ2v) is 10.9. The average Bonchev–Trinajstić information content (AvgIpc) is 3.33. The Morgan fingerprint density at radius 2 is 1.50 bits per heavy atom. The Hall–Kier alpha value is -2.37. The molecule has 0 saturated heterocycles. The van der Waals surface area contributed by atoms with Gasteiger partial charge in [0.25, 0.3) is 5.01 Å². The third-order valence-electron chi connectivity index (χ3n) is 6.73. The van der Waals surface area contributed by atoms with E-state index in [1.807, 2.05) is 61.8 Å². The first kappa shape index (κ1) is 31.8. The number of halogens is 1. The van der Waals surface area contributed by atoms with Crippen molar-refractivity contribution in [2.75, 3.05) is 11.9 Å². The van der Waals surface area contributed by atoms with Crippen LogP contribution in [0.25, 0.3) is 10.6 Å². The van der Waals surface area contributed by atoms with Gasteiger partial charge in [-0.2, -0.15) is 4.57 Å². The fourth-order valence-corrected chi connectivity index (χ4v) is 5.45. The van der Waals surface area contributed by atoms with E-state index in [2.05, 4.69) is 22.2 Å². The number of nitrogens with one attached hydrogen (secondary N) is 1. The first-order chi connectivity index (χ1) is 18.2. The van der Waals surface area contributed by atoms with Gasteiger partial charge in [-0.05, 0) is 48.4 Å². The molecule has 0 spiro atoms. The zero-order chi connectivity index (χ0) is 26.1. The molecule has 0 aliphatic rings. The number of anilines is 1. The van der Waals surface area contributed by atoms with Crippen molar-refractivity contribution in [1.82, 2.24) is 0 Å². The lowest BCUT2D eigenvalue weighted by Crippen LogP contribution is -3.00. The fraction of sp³-hybridized carbons (Fsp3) is 0.500. The second kappa shape index (κ2) is 18.8. The van der Waals surface area contributed by atoms with Gasteiger partial charge in [-0.1, -0.05) is 101 Å². The molecule has 0 saturated carbocycles. The van der Waals surface area contributed by atoms with Crippen LogP contribution in [0.2, 0.25) is 0 Å². The Labute approximate surface area is 240 Å². The molecule has 0 aliphatic heterocycles. The molecule has 2 aromatic carbocycles. The maximum Gasteiger partial charge on any atom is 0.268 e. The van der Waals surface area contributed by atoms with Crippen LogP contribution in [0.3, 0.4) is 0 Å². The monoisotopic (exact) mass is 556 g/mol. The molecule has 1 heterocycles. The Balaban J connectivity index is 0.00000507. The first-order valence-corrected chi connectivity index (χ1v) is 15.1. The van der Waals surface area contributed by atoms with Gasteiger partial charge in [0, 0.05) is 5.69 Å². The van der Waals surface area contributed by atoms with Crippen molar-refractivity contribution >= 4 is 22.9 Å². The number of aromatic nitrogens is 1. The third-order valence-corrected chi connectivity index (χ3v) is 7.73. The number of amides is 1. The highest BCUT2D eigenvalue weighted by Gasteiger charge is 2.11. The maximum atomic E-state index is 12.6. The van der Waals surface area contributed by atoms with E-state index < -0.39 is 0 Å². The number of carbonyl (C=O) groups is 1. The summed E-state index contributed by atoms with van der Waals surface area (Å²) in [6.07, 6.45) is 18.5. The summed E-state index contributed by atoms with van der Waals surface area (Å²) in [5, 5.41) is 6.27. The highest BCUT2D eigenvalue weighted by Crippen LogP contribution is 2.22. The smallest absolute Gasteiger partial charge is 0.268 e. The molecule has 1 aromatic heterocycles. The van der Waals surface area contributed by atoms with Crippen molar-refractivity contribution in [3.63, 3.8) is 0 Å². The number of hydrogen-bond acceptors (Lipinski definition) is 3. The molecule has 0 aliphatic carbocycles. The van der Waals surface area contributed by atoms with Gasteiger partial charge in [0.15, 0.2) is 6.20 Å². The Morgan fingerprint density at radius 3 is 2.11 bits per heavy atom. The van der Waals surface area contributed by atoms with Crippen LogP contribution in [0.5, 0.6) is 5.75 Å². The fourth-order valence-electron chi connectivity index (χ4n) is 4.57. The summed E-state index contributed by atoms with van der Waals surface area (Å²) in [4.78, 5) is 12.6. The summed E-state index contributed by atoms with van der Waals surface area (Å²) in [5.74, 6) is 0.828. The number of hydrogen-bond donors (Lipinski definition) is 1. The van der Waals surface area contributed by atoms with E-state index in [0.717, 1.165) is 35.6 Å². The van der Waals surface area contributed by atoms with Gasteiger partial charge in [0.1, 0.15) is 12.8 Å². The van der Waals surface area contributed by atoms with Crippen LogP contribution in [0.1, 0.15) is 89.5 Å². The predicted octanol–water partition coefficient (Wildman–Crippen LogP) is 5.50. The van der Waals surface area contributed by atoms with Crippen LogP contribution in [-0.4, -0.2) is 12.5 Å². The SMILES string of the molecule is CCCCCCCCCCCCCCOc1cccc(CC(=O)Nc2ccc(-c3scc[n+]3C)cc2)c1.[Cl-]. The summed E-state index contributed by atoms with van der Waals surface area (Å²) in [5.41, 5.74) is 2.92. The highest BCUT2D eigenvalue weighted by molar-refractivity contribution is 7.12. The standard InChI is InChI=1S/C32H44N2O2S.ClH/c1-3-4-5-6-7-8-9-10-11-12-13-14-23-36-30-17-15-16-27(25-30)26-31(35)33-29-20-18-28(19-21-29)32-34(2)22-24-37-32;/h15-22,24-25H,3-14,23,26H2,1-2H3;1H. The molecule has 3 rings (SSSR count). The van der Waals surface area contributed by atoms with Crippen molar-refractivity contribution in [3.05, 3.63) is 65.7 Å². The first-order valence-electron chi connectivity index (χ1n) is 14.2. The van der Waals surface area contributed by atoms with Crippen molar-refractivity contribution in [3.8, 4) is 16.3 Å². The van der Waals surface area contributed by atoms with E-state index in [1.54, 1.807) is 11.3 Å². The number of aryl methyl sites for hydroxylation is 1. The topological polar surface area (TPSA) is 42.2 Å². The molecule has 1 amide bonds. The summed E-state index contributed by atoms with van der Waals surface area (Å²) >= 11 is 1.70. The number of rotatable bonds is 18. The van der Waals surface area contributed by atoms with Crippen LogP contribution in [-0.2, 0) is 18.3 Å². The number of nitrogens with zero attached hydrogens (tertiary/aromatic N) is 1. The number of ether oxygens (including phenoxy) is 1. The van der Waals surface area contributed by atoms with Crippen molar-refractivity contribution in [1.29, 1.82) is 0 Å². The molecule has 1 N–H and O–H groups in total. The largest absolute Gasteiger partial charge is 1.00 e. The van der Waals surface area contributed by atoms with Gasteiger partial charge in [-0.3, -0.25) is 4.79 Å². The van der Waals surface area contributed by atoms with E-state index in [9.17, 15) is 4.79 Å². The van der Waals surface area contributed by atoms with Crippen molar-refractivity contribution < 1.29 is 26.5 Å². The Morgan fingerprint density at radius 1 is 0.868 bits per heavy atom. The lowest BCUT2D eigenvalue weighted by atomic mass is 10.1. The molecular weight excluding hydrogens is 512 g/mol. The van der Waals surface area contributed by atoms with E-state index in [-0.39, 0.29) is 18.3 Å². The lowest BCUT2D eigenvalue weighted by Gasteiger charge is -2.09. The third kappa shape index (κ3) is 12.0. The van der Waals surface area contributed by atoms with Crippen LogP contribution < -0.4 is 27.0 Å². The molecule has 0 fully saturated rings. The van der Waals surface area contributed by atoms with E-state index in [1.165, 1.54) is 75.6 Å². The predicted molar refractivity (Wildman–Crippen MR) is 156 cm³/mol. The van der Waals surface area contributed by atoms with Gasteiger partial charge in [-0.25, -0.2) is 0 Å². The molecule has 0 radical (unpaired) electrons. The molecule has 0 unspecified atom stereocenters. The zero-order valence-electron chi connectivity index (χ0n) is 23.2. The van der Waals surface area contributed by atoms with E-state index >= 15 is 0 Å². The van der Waals surface area contributed by atoms with Crippen LogP contribution in [0, 0.1) is 0 Å². The average molecular weight is 557 g/mol. The molecule has 0 atom stereocenters. The normalized spacial score (nSPS) is 10.7. The molecule has 3 aromatic rings. The van der Waals surface area contributed by atoms with Gasteiger partial charge < -0.3 is 22.5 Å².